The molecule has 0 aliphatic carbocycles. The number of carboxylic acid groups (broad SMARTS) is 1. The number of nitrogens with zero attached hydrogens (tertiary/aromatic N) is 2. The van der Waals surface area contributed by atoms with Gasteiger partial charge >= 0.3 is 12.0 Å². The Hall–Kier alpha value is -3.47. The van der Waals surface area contributed by atoms with Gasteiger partial charge < -0.3 is 25.0 Å². The number of hydrogen-bond acceptors (Lipinski definition) is 4. The third-order valence-electron chi connectivity index (χ3n) is 6.90. The maximum Gasteiger partial charge on any atom is 0.320 e. The Balaban J connectivity index is 1.63. The van der Waals surface area contributed by atoms with Crippen LogP contribution in [-0.2, 0) is 16.0 Å². The van der Waals surface area contributed by atoms with Gasteiger partial charge in [0, 0.05) is 36.4 Å². The molecule has 1 saturated heterocycles. The number of benzene rings is 2. The number of likely N-dealkylation sites (tertiary alicyclic amines) is 1. The van der Waals surface area contributed by atoms with Gasteiger partial charge in [0.2, 0.25) is 0 Å². The zero-order valence-corrected chi connectivity index (χ0v) is 23.0. The molecule has 204 valence electrons. The zero-order valence-electron chi connectivity index (χ0n) is 22.0. The first-order chi connectivity index (χ1) is 17.9. The van der Waals surface area contributed by atoms with Crippen LogP contribution in [0.2, 0.25) is 19.6 Å². The van der Waals surface area contributed by atoms with Crippen molar-refractivity contribution in [1.82, 2.24) is 9.80 Å². The molecule has 4 rings (SSSR count). The fraction of sp³-hybridized carbons (Fsp3) is 0.444. The van der Waals surface area contributed by atoms with E-state index < -0.39 is 37.6 Å². The van der Waals surface area contributed by atoms with Crippen LogP contribution in [0.25, 0.3) is 0 Å². The Labute approximate surface area is 221 Å². The highest BCUT2D eigenvalue weighted by Crippen LogP contribution is 2.35. The number of ether oxygens (including phenoxy) is 1. The van der Waals surface area contributed by atoms with Crippen molar-refractivity contribution in [3.05, 3.63) is 53.1 Å². The third kappa shape index (κ3) is 5.67. The SMILES string of the molecule is CCOc1ccc2c(c1)CCN(C(=O)N1CC(CC(=O)O)C1)C2C(=O)Nc1cc(F)c([Si](C)(C)C)c(F)c1. The fourth-order valence-electron chi connectivity index (χ4n) is 5.20. The van der Waals surface area contributed by atoms with Crippen LogP contribution in [0.15, 0.2) is 30.3 Å². The van der Waals surface area contributed by atoms with E-state index in [0.29, 0.717) is 37.4 Å². The first-order valence-corrected chi connectivity index (χ1v) is 16.2. The first-order valence-electron chi connectivity index (χ1n) is 12.7. The van der Waals surface area contributed by atoms with Crippen molar-refractivity contribution in [1.29, 1.82) is 0 Å². The van der Waals surface area contributed by atoms with Gasteiger partial charge in [-0.1, -0.05) is 25.7 Å². The number of aliphatic carboxylic acids is 1. The van der Waals surface area contributed by atoms with E-state index in [-0.39, 0.29) is 35.8 Å². The van der Waals surface area contributed by atoms with Gasteiger partial charge in [0.25, 0.3) is 5.91 Å². The molecule has 0 saturated carbocycles. The lowest BCUT2D eigenvalue weighted by Gasteiger charge is -2.45. The summed E-state index contributed by atoms with van der Waals surface area (Å²) in [4.78, 5) is 41.0. The Kier molecular flexibility index (Phi) is 7.77. The van der Waals surface area contributed by atoms with E-state index in [1.807, 2.05) is 32.6 Å². The van der Waals surface area contributed by atoms with E-state index in [1.165, 1.54) is 9.80 Å². The molecule has 0 bridgehead atoms. The Morgan fingerprint density at radius 2 is 1.76 bits per heavy atom. The smallest absolute Gasteiger partial charge is 0.320 e. The molecular formula is C27H33F2N3O5Si. The monoisotopic (exact) mass is 545 g/mol. The van der Waals surface area contributed by atoms with E-state index in [9.17, 15) is 23.2 Å². The number of urea groups is 1. The van der Waals surface area contributed by atoms with Gasteiger partial charge in [-0.05, 0) is 48.7 Å². The molecule has 2 aromatic rings. The number of carbonyl (C=O) groups excluding carboxylic acids is 2. The van der Waals surface area contributed by atoms with Gasteiger partial charge in [-0.2, -0.15) is 0 Å². The van der Waals surface area contributed by atoms with Crippen molar-refractivity contribution < 1.29 is 33.0 Å². The van der Waals surface area contributed by atoms with Crippen molar-refractivity contribution in [2.24, 2.45) is 5.92 Å². The second-order valence-electron chi connectivity index (χ2n) is 10.8. The van der Waals surface area contributed by atoms with Crippen molar-refractivity contribution in [3.63, 3.8) is 0 Å². The highest BCUT2D eigenvalue weighted by Gasteiger charge is 2.41. The molecule has 11 heteroatoms. The molecule has 2 aliphatic heterocycles. The number of nitrogens with one attached hydrogen (secondary N) is 1. The van der Waals surface area contributed by atoms with Crippen molar-refractivity contribution >= 4 is 36.9 Å². The summed E-state index contributed by atoms with van der Waals surface area (Å²) >= 11 is 0. The van der Waals surface area contributed by atoms with E-state index in [0.717, 1.165) is 17.7 Å². The molecule has 0 aromatic heterocycles. The number of carbonyl (C=O) groups is 3. The van der Waals surface area contributed by atoms with Crippen LogP contribution < -0.4 is 15.2 Å². The van der Waals surface area contributed by atoms with E-state index in [4.69, 9.17) is 9.84 Å². The normalized spacial score (nSPS) is 17.5. The Morgan fingerprint density at radius 1 is 1.11 bits per heavy atom. The molecule has 1 unspecified atom stereocenters. The summed E-state index contributed by atoms with van der Waals surface area (Å²) in [5.41, 5.74) is 1.43. The van der Waals surface area contributed by atoms with Gasteiger partial charge in [-0.25, -0.2) is 13.6 Å². The lowest BCUT2D eigenvalue weighted by Crippen LogP contribution is -2.58. The maximum absolute atomic E-state index is 14.9. The largest absolute Gasteiger partial charge is 0.494 e. The maximum atomic E-state index is 14.9. The van der Waals surface area contributed by atoms with Crippen LogP contribution in [0.3, 0.4) is 0 Å². The average molecular weight is 546 g/mol. The van der Waals surface area contributed by atoms with Crippen LogP contribution in [0.4, 0.5) is 19.3 Å². The molecule has 0 spiro atoms. The van der Waals surface area contributed by atoms with Gasteiger partial charge in [-0.3, -0.25) is 9.59 Å². The Morgan fingerprint density at radius 3 is 2.34 bits per heavy atom. The lowest BCUT2D eigenvalue weighted by molar-refractivity contribution is -0.139. The van der Waals surface area contributed by atoms with E-state index >= 15 is 0 Å². The number of carboxylic acids is 1. The van der Waals surface area contributed by atoms with Crippen LogP contribution >= 0.6 is 0 Å². The number of anilines is 1. The van der Waals surface area contributed by atoms with Gasteiger partial charge in [0.05, 0.1) is 21.1 Å². The standard InChI is InChI=1S/C27H33F2N3O5Si/c1-5-37-19-6-7-20-17(11-19)8-9-32(27(36)31-14-16(15-31)10-23(33)34)24(20)26(35)30-18-12-21(28)25(22(29)13-18)38(2,3)4/h6-7,11-13,16,24H,5,8-10,14-15H2,1-4H3,(H,30,35)(H,33,34). The highest BCUT2D eigenvalue weighted by molar-refractivity contribution is 6.88. The predicted octanol–water partition coefficient (Wildman–Crippen LogP) is 3.97. The van der Waals surface area contributed by atoms with Crippen LogP contribution in [0.1, 0.15) is 30.5 Å². The topological polar surface area (TPSA) is 99.2 Å². The molecule has 1 atom stereocenters. The number of rotatable bonds is 7. The van der Waals surface area contributed by atoms with Crippen molar-refractivity contribution in [2.45, 2.75) is 45.4 Å². The highest BCUT2D eigenvalue weighted by atomic mass is 28.3. The minimum absolute atomic E-state index is 0.0251. The molecule has 38 heavy (non-hydrogen) atoms. The summed E-state index contributed by atoms with van der Waals surface area (Å²) in [6.45, 7) is 8.68. The summed E-state index contributed by atoms with van der Waals surface area (Å²) in [5.74, 6) is -2.41. The van der Waals surface area contributed by atoms with E-state index in [2.05, 4.69) is 5.32 Å². The summed E-state index contributed by atoms with van der Waals surface area (Å²) in [6, 6.07) is 6.13. The molecule has 8 nitrogen and oxygen atoms in total. The molecule has 2 heterocycles. The molecule has 2 N–H and O–H groups in total. The molecule has 2 aliphatic rings. The summed E-state index contributed by atoms with van der Waals surface area (Å²) in [6.07, 6.45) is 0.466. The molecule has 1 fully saturated rings. The molecule has 2 aromatic carbocycles. The second kappa shape index (κ2) is 10.7. The lowest BCUT2D eigenvalue weighted by atomic mass is 9.91. The minimum atomic E-state index is -2.30. The number of halogens is 2. The van der Waals surface area contributed by atoms with Gasteiger partial charge in [0.1, 0.15) is 23.4 Å². The minimum Gasteiger partial charge on any atom is -0.494 e. The summed E-state index contributed by atoms with van der Waals surface area (Å²) < 4.78 is 35.3. The first kappa shape index (κ1) is 27.6. The second-order valence-corrected chi connectivity index (χ2v) is 15.8. The molecular weight excluding hydrogens is 512 g/mol. The van der Waals surface area contributed by atoms with Gasteiger partial charge in [0.15, 0.2) is 0 Å². The number of amides is 3. The third-order valence-corrected chi connectivity index (χ3v) is 8.88. The number of fused-ring (bicyclic) bond motifs is 1. The summed E-state index contributed by atoms with van der Waals surface area (Å²) in [7, 11) is -2.30. The number of hydrogen-bond donors (Lipinski definition) is 2. The van der Waals surface area contributed by atoms with Crippen LogP contribution in [0.5, 0.6) is 5.75 Å². The quantitative estimate of drug-likeness (QED) is 0.513. The van der Waals surface area contributed by atoms with Crippen molar-refractivity contribution in [3.8, 4) is 5.75 Å². The fourth-order valence-corrected chi connectivity index (χ4v) is 6.78. The van der Waals surface area contributed by atoms with Crippen molar-refractivity contribution in [2.75, 3.05) is 31.6 Å². The zero-order chi connectivity index (χ0) is 27.8. The summed E-state index contributed by atoms with van der Waals surface area (Å²) in [5, 5.41) is 11.7. The molecule has 3 amide bonds. The molecule has 0 radical (unpaired) electrons. The van der Waals surface area contributed by atoms with Crippen LogP contribution in [-0.4, -0.2) is 67.1 Å². The average Bonchev–Trinajstić information content (AvgIpc) is 2.78. The van der Waals surface area contributed by atoms with Crippen LogP contribution in [0, 0.1) is 17.6 Å². The Bertz CT molecular complexity index is 1240. The predicted molar refractivity (Wildman–Crippen MR) is 141 cm³/mol. The van der Waals surface area contributed by atoms with Gasteiger partial charge in [-0.15, -0.1) is 0 Å². The van der Waals surface area contributed by atoms with E-state index in [1.54, 1.807) is 12.1 Å².